The molecule has 160 valence electrons. The third kappa shape index (κ3) is 2.93. The van der Waals surface area contributed by atoms with Gasteiger partial charge in [0.1, 0.15) is 11.2 Å². The van der Waals surface area contributed by atoms with Crippen molar-refractivity contribution in [1.29, 1.82) is 0 Å². The second-order valence-electron chi connectivity index (χ2n) is 7.97. The molecule has 1 aliphatic rings. The molecule has 0 bridgehead atoms. The molecular weight excluding hydrogens is 414 g/mol. The van der Waals surface area contributed by atoms with Crippen LogP contribution in [0.1, 0.15) is 33.2 Å². The van der Waals surface area contributed by atoms with E-state index in [1.165, 1.54) is 4.90 Å². The average Bonchev–Trinajstić information content (AvgIpc) is 3.07. The highest BCUT2D eigenvalue weighted by molar-refractivity contribution is 6.35. The second-order valence-corrected chi connectivity index (χ2v) is 7.97. The van der Waals surface area contributed by atoms with Crippen LogP contribution in [-0.2, 0) is 6.42 Å². The fourth-order valence-corrected chi connectivity index (χ4v) is 4.45. The Balaban J connectivity index is 1.65. The van der Waals surface area contributed by atoms with Crippen LogP contribution < -0.4 is 4.90 Å². The Hall–Kier alpha value is -4.38. The average molecular weight is 433 g/mol. The minimum atomic E-state index is -0.363. The normalized spacial score (nSPS) is 13.2. The SMILES string of the molecule is CCc1ccccc1N1C(=O)c2cc3oc4ccccc4c4ccccc4oc3cc2C1=O. The molecule has 6 rings (SSSR count). The molecule has 2 heterocycles. The summed E-state index contributed by atoms with van der Waals surface area (Å²) in [6.45, 7) is 2.00. The van der Waals surface area contributed by atoms with E-state index in [-0.39, 0.29) is 11.8 Å². The zero-order chi connectivity index (χ0) is 22.5. The Bertz CT molecular complexity index is 1560. The maximum atomic E-state index is 13.4. The Kier molecular flexibility index (Phi) is 4.30. The van der Waals surface area contributed by atoms with Gasteiger partial charge in [-0.25, -0.2) is 4.90 Å². The van der Waals surface area contributed by atoms with Crippen molar-refractivity contribution in [2.24, 2.45) is 0 Å². The molecule has 0 saturated carbocycles. The summed E-state index contributed by atoms with van der Waals surface area (Å²) in [6, 6.07) is 26.1. The summed E-state index contributed by atoms with van der Waals surface area (Å²) >= 11 is 0. The van der Waals surface area contributed by atoms with Crippen molar-refractivity contribution in [1.82, 2.24) is 0 Å². The second kappa shape index (κ2) is 7.35. The van der Waals surface area contributed by atoms with Gasteiger partial charge in [-0.05, 0) is 42.3 Å². The first-order valence-corrected chi connectivity index (χ1v) is 10.8. The Morgan fingerprint density at radius 1 is 0.636 bits per heavy atom. The first-order valence-electron chi connectivity index (χ1n) is 10.8. The van der Waals surface area contributed by atoms with Crippen LogP contribution in [0.25, 0.3) is 33.1 Å². The number of rotatable bonds is 2. The number of hydrogen-bond acceptors (Lipinski definition) is 4. The van der Waals surface area contributed by atoms with Crippen molar-refractivity contribution in [2.75, 3.05) is 4.90 Å². The maximum Gasteiger partial charge on any atom is 0.266 e. The molecule has 0 unspecified atom stereocenters. The van der Waals surface area contributed by atoms with Gasteiger partial charge < -0.3 is 8.83 Å². The van der Waals surface area contributed by atoms with E-state index in [9.17, 15) is 9.59 Å². The van der Waals surface area contributed by atoms with Gasteiger partial charge in [-0.15, -0.1) is 0 Å². The van der Waals surface area contributed by atoms with Crippen LogP contribution in [0.2, 0.25) is 0 Å². The lowest BCUT2D eigenvalue weighted by molar-refractivity contribution is 0.0926. The lowest BCUT2D eigenvalue weighted by Gasteiger charge is -2.17. The predicted molar refractivity (Wildman–Crippen MR) is 128 cm³/mol. The summed E-state index contributed by atoms with van der Waals surface area (Å²) in [5.41, 5.74) is 4.24. The van der Waals surface area contributed by atoms with Gasteiger partial charge in [0.2, 0.25) is 0 Å². The zero-order valence-corrected chi connectivity index (χ0v) is 17.9. The highest BCUT2D eigenvalue weighted by Crippen LogP contribution is 2.35. The highest BCUT2D eigenvalue weighted by Gasteiger charge is 2.38. The van der Waals surface area contributed by atoms with Crippen molar-refractivity contribution in [2.45, 2.75) is 13.3 Å². The summed E-state index contributed by atoms with van der Waals surface area (Å²) in [4.78, 5) is 28.0. The molecule has 0 N–H and O–H groups in total. The molecule has 0 radical (unpaired) electrons. The summed E-state index contributed by atoms with van der Waals surface area (Å²) in [6.07, 6.45) is 0.708. The van der Waals surface area contributed by atoms with Crippen LogP contribution in [0.4, 0.5) is 5.69 Å². The van der Waals surface area contributed by atoms with E-state index in [1.54, 1.807) is 18.2 Å². The number of amides is 2. The Morgan fingerprint density at radius 2 is 1.12 bits per heavy atom. The first-order chi connectivity index (χ1) is 16.2. The number of anilines is 1. The number of carbonyl (C=O) groups is 2. The van der Waals surface area contributed by atoms with E-state index in [0.29, 0.717) is 45.6 Å². The van der Waals surface area contributed by atoms with Crippen LogP contribution >= 0.6 is 0 Å². The number of aryl methyl sites for hydroxylation is 1. The molecule has 4 aromatic carbocycles. The molecule has 5 nitrogen and oxygen atoms in total. The first kappa shape index (κ1) is 19.3. The molecule has 2 amide bonds. The van der Waals surface area contributed by atoms with E-state index < -0.39 is 0 Å². The van der Waals surface area contributed by atoms with Crippen LogP contribution in [0, 0.1) is 0 Å². The van der Waals surface area contributed by atoms with Gasteiger partial charge in [-0.2, -0.15) is 0 Å². The minimum absolute atomic E-state index is 0.305. The number of benzene rings is 4. The van der Waals surface area contributed by atoms with Crippen molar-refractivity contribution < 1.29 is 18.4 Å². The summed E-state index contributed by atoms with van der Waals surface area (Å²) in [5, 5.41) is 1.78. The predicted octanol–water partition coefficient (Wildman–Crippen LogP) is 6.82. The van der Waals surface area contributed by atoms with Gasteiger partial charge in [0.15, 0.2) is 11.2 Å². The topological polar surface area (TPSA) is 63.7 Å². The quantitative estimate of drug-likeness (QED) is 0.287. The molecule has 0 saturated heterocycles. The molecular formula is C28H19NO4. The Labute approximate surface area is 189 Å². The summed E-state index contributed by atoms with van der Waals surface area (Å²) < 4.78 is 12.5. The lowest BCUT2D eigenvalue weighted by atomic mass is 10.1. The van der Waals surface area contributed by atoms with Gasteiger partial charge in [0, 0.05) is 10.8 Å². The van der Waals surface area contributed by atoms with E-state index >= 15 is 0 Å². The molecule has 5 aromatic rings. The molecule has 0 fully saturated rings. The largest absolute Gasteiger partial charge is 0.453 e. The van der Waals surface area contributed by atoms with Gasteiger partial charge >= 0.3 is 0 Å². The van der Waals surface area contributed by atoms with Crippen LogP contribution in [0.3, 0.4) is 0 Å². The number of imide groups is 1. The number of carbonyl (C=O) groups excluding carboxylic acids is 2. The Morgan fingerprint density at radius 3 is 1.67 bits per heavy atom. The number of fused-ring (bicyclic) bond motifs is 5. The van der Waals surface area contributed by atoms with Crippen LogP contribution in [0.15, 0.2) is 93.8 Å². The summed E-state index contributed by atoms with van der Waals surface area (Å²) in [5.74, 6) is -0.726. The van der Waals surface area contributed by atoms with Gasteiger partial charge in [0.05, 0.1) is 16.8 Å². The van der Waals surface area contributed by atoms with Crippen molar-refractivity contribution in [3.63, 3.8) is 0 Å². The molecule has 33 heavy (non-hydrogen) atoms. The van der Waals surface area contributed by atoms with E-state index in [0.717, 1.165) is 16.3 Å². The monoisotopic (exact) mass is 433 g/mol. The fraction of sp³-hybridized carbons (Fsp3) is 0.0714. The highest BCUT2D eigenvalue weighted by atomic mass is 16.4. The number of para-hydroxylation sites is 3. The van der Waals surface area contributed by atoms with E-state index in [1.807, 2.05) is 73.7 Å². The number of nitrogens with zero attached hydrogens (tertiary/aromatic N) is 1. The van der Waals surface area contributed by atoms with E-state index in [4.69, 9.17) is 8.83 Å². The zero-order valence-electron chi connectivity index (χ0n) is 17.9. The minimum Gasteiger partial charge on any atom is -0.453 e. The summed E-state index contributed by atoms with van der Waals surface area (Å²) in [7, 11) is 0. The molecule has 0 aliphatic carbocycles. The standard InChI is InChI=1S/C28H19NO4/c1-2-17-9-3-6-12-22(17)29-27(30)20-15-25-26(16-21(20)28(29)31)33-24-14-8-5-11-19(24)18-10-4-7-13-23(18)32-25/h3-16H,2H2,1H3. The van der Waals surface area contributed by atoms with Gasteiger partial charge in [-0.3, -0.25) is 9.59 Å². The smallest absolute Gasteiger partial charge is 0.266 e. The van der Waals surface area contributed by atoms with Crippen molar-refractivity contribution in [3.05, 3.63) is 102 Å². The molecule has 0 atom stereocenters. The fourth-order valence-electron chi connectivity index (χ4n) is 4.45. The lowest BCUT2D eigenvalue weighted by Crippen LogP contribution is -2.30. The van der Waals surface area contributed by atoms with Gasteiger partial charge in [-0.1, -0.05) is 61.5 Å². The van der Waals surface area contributed by atoms with Crippen molar-refractivity contribution >= 4 is 50.6 Å². The molecule has 1 aliphatic heterocycles. The molecule has 0 spiro atoms. The third-order valence-corrected chi connectivity index (χ3v) is 6.07. The maximum absolute atomic E-state index is 13.4. The number of hydrogen-bond donors (Lipinski definition) is 0. The van der Waals surface area contributed by atoms with Gasteiger partial charge in [0.25, 0.3) is 11.8 Å². The molecule has 5 heteroatoms. The van der Waals surface area contributed by atoms with Crippen LogP contribution in [-0.4, -0.2) is 11.8 Å². The van der Waals surface area contributed by atoms with E-state index in [2.05, 4.69) is 0 Å². The molecule has 1 aromatic heterocycles. The third-order valence-electron chi connectivity index (χ3n) is 6.07. The van der Waals surface area contributed by atoms with Crippen molar-refractivity contribution in [3.8, 4) is 0 Å². The van der Waals surface area contributed by atoms with Crippen LogP contribution in [0.5, 0.6) is 0 Å².